The fraction of sp³-hybridized carbons (Fsp3) is 0.294. The second kappa shape index (κ2) is 6.91. The van der Waals surface area contributed by atoms with Crippen molar-refractivity contribution in [3.05, 3.63) is 64.1 Å². The molecule has 0 saturated heterocycles. The molecule has 2 nitrogen and oxygen atoms in total. The molecule has 2 aromatic carbocycles. The van der Waals surface area contributed by atoms with Gasteiger partial charge >= 0.3 is 0 Å². The van der Waals surface area contributed by atoms with E-state index in [1.165, 1.54) is 5.56 Å². The minimum Gasteiger partial charge on any atom is -0.486 e. The van der Waals surface area contributed by atoms with E-state index in [9.17, 15) is 0 Å². The summed E-state index contributed by atoms with van der Waals surface area (Å²) in [5.41, 5.74) is 8.22. The van der Waals surface area contributed by atoms with Crippen molar-refractivity contribution in [1.29, 1.82) is 0 Å². The predicted octanol–water partition coefficient (Wildman–Crippen LogP) is 4.48. The molecule has 106 valence electrons. The molecule has 2 rings (SSSR count). The zero-order chi connectivity index (χ0) is 14.5. The molecule has 0 spiro atoms. The second-order valence-electron chi connectivity index (χ2n) is 5.10. The van der Waals surface area contributed by atoms with Crippen LogP contribution in [0, 0.1) is 0 Å². The summed E-state index contributed by atoms with van der Waals surface area (Å²) in [6.07, 6.45) is 0.820. The highest BCUT2D eigenvalue weighted by Crippen LogP contribution is 2.28. The number of rotatable bonds is 5. The normalized spacial score (nSPS) is 13.8. The quantitative estimate of drug-likeness (QED) is 0.875. The molecule has 0 aliphatic heterocycles. The molecule has 2 N–H and O–H groups in total. The van der Waals surface area contributed by atoms with Crippen molar-refractivity contribution in [2.45, 2.75) is 32.4 Å². The summed E-state index contributed by atoms with van der Waals surface area (Å²) >= 11 is 3.50. The highest BCUT2D eigenvalue weighted by Gasteiger charge is 2.11. The number of hydrogen-bond acceptors (Lipinski definition) is 2. The first-order chi connectivity index (χ1) is 9.56. The lowest BCUT2D eigenvalue weighted by atomic mass is 10.1. The molecule has 0 aliphatic rings. The smallest absolute Gasteiger partial charge is 0.123 e. The number of benzene rings is 2. The van der Waals surface area contributed by atoms with Gasteiger partial charge in [0.05, 0.1) is 0 Å². The molecule has 0 amide bonds. The summed E-state index contributed by atoms with van der Waals surface area (Å²) in [5.74, 6) is 0.904. The third kappa shape index (κ3) is 4.09. The van der Waals surface area contributed by atoms with Crippen LogP contribution in [0.25, 0.3) is 0 Å². The molecule has 0 bridgehead atoms. The highest BCUT2D eigenvalue weighted by atomic mass is 79.9. The predicted molar refractivity (Wildman–Crippen MR) is 87.0 cm³/mol. The van der Waals surface area contributed by atoms with Crippen molar-refractivity contribution in [2.24, 2.45) is 5.73 Å². The lowest BCUT2D eigenvalue weighted by Crippen LogP contribution is -2.18. The summed E-state index contributed by atoms with van der Waals surface area (Å²) in [6.45, 7) is 4.07. The Morgan fingerprint density at radius 1 is 1.10 bits per heavy atom. The minimum absolute atomic E-state index is 0.0178. The second-order valence-corrected chi connectivity index (χ2v) is 6.02. The Hall–Kier alpha value is -1.32. The SMILES string of the molecule is CC(N)Cc1cc(Br)ccc1OC(C)c1ccccc1. The van der Waals surface area contributed by atoms with Crippen LogP contribution in [-0.2, 0) is 6.42 Å². The van der Waals surface area contributed by atoms with Gasteiger partial charge in [-0.3, -0.25) is 0 Å². The first-order valence-electron chi connectivity index (χ1n) is 6.82. The van der Waals surface area contributed by atoms with Gasteiger partial charge in [-0.05, 0) is 49.6 Å². The van der Waals surface area contributed by atoms with Crippen LogP contribution >= 0.6 is 15.9 Å². The third-order valence-electron chi connectivity index (χ3n) is 3.14. The van der Waals surface area contributed by atoms with Gasteiger partial charge in [0.15, 0.2) is 0 Å². The van der Waals surface area contributed by atoms with E-state index in [0.29, 0.717) is 0 Å². The molecule has 0 saturated carbocycles. The van der Waals surface area contributed by atoms with Crippen LogP contribution in [0.3, 0.4) is 0 Å². The molecular weight excluding hydrogens is 314 g/mol. The van der Waals surface area contributed by atoms with E-state index in [4.69, 9.17) is 10.5 Å². The average molecular weight is 334 g/mol. The van der Waals surface area contributed by atoms with E-state index in [0.717, 1.165) is 22.2 Å². The summed E-state index contributed by atoms with van der Waals surface area (Å²) in [7, 11) is 0. The van der Waals surface area contributed by atoms with Crippen LogP contribution < -0.4 is 10.5 Å². The fourth-order valence-corrected chi connectivity index (χ4v) is 2.56. The summed E-state index contributed by atoms with van der Waals surface area (Å²) in [6, 6.07) is 16.4. The Balaban J connectivity index is 2.20. The Morgan fingerprint density at radius 3 is 2.45 bits per heavy atom. The van der Waals surface area contributed by atoms with Gasteiger partial charge in [0.1, 0.15) is 11.9 Å². The average Bonchev–Trinajstić information content (AvgIpc) is 2.42. The Bertz CT molecular complexity index is 554. The van der Waals surface area contributed by atoms with Crippen molar-refractivity contribution >= 4 is 15.9 Å². The maximum atomic E-state index is 6.11. The lowest BCUT2D eigenvalue weighted by molar-refractivity contribution is 0.224. The first-order valence-corrected chi connectivity index (χ1v) is 7.61. The van der Waals surface area contributed by atoms with Crippen molar-refractivity contribution < 1.29 is 4.74 Å². The van der Waals surface area contributed by atoms with Crippen LogP contribution in [0.15, 0.2) is 53.0 Å². The molecule has 2 unspecified atom stereocenters. The monoisotopic (exact) mass is 333 g/mol. The van der Waals surface area contributed by atoms with Gasteiger partial charge in [-0.2, -0.15) is 0 Å². The fourth-order valence-electron chi connectivity index (χ4n) is 2.15. The molecular formula is C17H20BrNO. The molecule has 0 radical (unpaired) electrons. The van der Waals surface area contributed by atoms with Gasteiger partial charge in [0.2, 0.25) is 0 Å². The Labute approximate surface area is 129 Å². The van der Waals surface area contributed by atoms with Crippen molar-refractivity contribution in [2.75, 3.05) is 0 Å². The molecule has 0 aliphatic carbocycles. The van der Waals surface area contributed by atoms with E-state index >= 15 is 0 Å². The van der Waals surface area contributed by atoms with Gasteiger partial charge in [-0.25, -0.2) is 0 Å². The topological polar surface area (TPSA) is 35.2 Å². The van der Waals surface area contributed by atoms with Crippen molar-refractivity contribution in [1.82, 2.24) is 0 Å². The number of ether oxygens (including phenoxy) is 1. The van der Waals surface area contributed by atoms with E-state index < -0.39 is 0 Å². The molecule has 0 fully saturated rings. The summed E-state index contributed by atoms with van der Waals surface area (Å²) < 4.78 is 7.16. The maximum absolute atomic E-state index is 6.11. The van der Waals surface area contributed by atoms with Gasteiger partial charge in [0.25, 0.3) is 0 Å². The van der Waals surface area contributed by atoms with Crippen LogP contribution in [0.4, 0.5) is 0 Å². The zero-order valence-electron chi connectivity index (χ0n) is 11.8. The molecule has 0 aromatic heterocycles. The standard InChI is InChI=1S/C17H20BrNO/c1-12(19)10-15-11-16(18)8-9-17(15)20-13(2)14-6-4-3-5-7-14/h3-9,11-13H,10,19H2,1-2H3. The Kier molecular flexibility index (Phi) is 5.21. The number of nitrogens with two attached hydrogens (primary N) is 1. The lowest BCUT2D eigenvalue weighted by Gasteiger charge is -2.19. The molecule has 2 atom stereocenters. The van der Waals surface area contributed by atoms with Crippen molar-refractivity contribution in [3.8, 4) is 5.75 Å². The van der Waals surface area contributed by atoms with E-state index in [-0.39, 0.29) is 12.1 Å². The minimum atomic E-state index is 0.0178. The zero-order valence-corrected chi connectivity index (χ0v) is 13.4. The maximum Gasteiger partial charge on any atom is 0.123 e. The van der Waals surface area contributed by atoms with Gasteiger partial charge in [-0.15, -0.1) is 0 Å². The van der Waals surface area contributed by atoms with Crippen LogP contribution in [0.5, 0.6) is 5.75 Å². The number of hydrogen-bond donors (Lipinski definition) is 1. The molecule has 0 heterocycles. The van der Waals surface area contributed by atoms with E-state index in [1.54, 1.807) is 0 Å². The largest absolute Gasteiger partial charge is 0.486 e. The third-order valence-corrected chi connectivity index (χ3v) is 3.63. The van der Waals surface area contributed by atoms with Gasteiger partial charge in [-0.1, -0.05) is 46.3 Å². The molecule has 2 aromatic rings. The first kappa shape index (κ1) is 15.1. The number of halogens is 1. The van der Waals surface area contributed by atoms with Crippen LogP contribution in [0.1, 0.15) is 31.1 Å². The highest BCUT2D eigenvalue weighted by molar-refractivity contribution is 9.10. The van der Waals surface area contributed by atoms with Gasteiger partial charge in [0, 0.05) is 10.5 Å². The van der Waals surface area contributed by atoms with Gasteiger partial charge < -0.3 is 10.5 Å². The summed E-state index contributed by atoms with van der Waals surface area (Å²) in [5, 5.41) is 0. The van der Waals surface area contributed by atoms with Crippen LogP contribution in [0.2, 0.25) is 0 Å². The molecule has 3 heteroatoms. The molecule has 20 heavy (non-hydrogen) atoms. The van der Waals surface area contributed by atoms with E-state index in [2.05, 4.69) is 41.1 Å². The van der Waals surface area contributed by atoms with E-state index in [1.807, 2.05) is 37.3 Å². The Morgan fingerprint density at radius 2 is 1.80 bits per heavy atom. The summed E-state index contributed by atoms with van der Waals surface area (Å²) in [4.78, 5) is 0. The van der Waals surface area contributed by atoms with Crippen LogP contribution in [-0.4, -0.2) is 6.04 Å². The van der Waals surface area contributed by atoms with Crippen molar-refractivity contribution in [3.63, 3.8) is 0 Å².